The topological polar surface area (TPSA) is 35.9 Å². The van der Waals surface area contributed by atoms with Crippen molar-refractivity contribution in [3.63, 3.8) is 0 Å². The van der Waals surface area contributed by atoms with Crippen LogP contribution in [-0.2, 0) is 11.3 Å². The normalized spacial score (nSPS) is 19.8. The first-order valence-corrected chi connectivity index (χ1v) is 7.82. The minimum Gasteiger partial charge on any atom is -0.394 e. The summed E-state index contributed by atoms with van der Waals surface area (Å²) in [5.41, 5.74) is 1.55. The number of benzene rings is 1. The summed E-state index contributed by atoms with van der Waals surface area (Å²) in [6.45, 7) is 11.1. The fourth-order valence-corrected chi connectivity index (χ4v) is 2.94. The third kappa shape index (κ3) is 5.08. The maximum atomic E-state index is 8.72. The van der Waals surface area contributed by atoms with Gasteiger partial charge < -0.3 is 9.84 Å². The van der Waals surface area contributed by atoms with Gasteiger partial charge in [0, 0.05) is 38.3 Å². The predicted molar refractivity (Wildman–Crippen MR) is 85.3 cm³/mol. The lowest BCUT2D eigenvalue weighted by Crippen LogP contribution is -2.59. The molecule has 0 amide bonds. The van der Waals surface area contributed by atoms with Crippen LogP contribution in [0.2, 0.25) is 0 Å². The second-order valence-corrected chi connectivity index (χ2v) is 6.33. The molecular weight excluding hydrogens is 264 g/mol. The molecule has 0 aliphatic carbocycles. The van der Waals surface area contributed by atoms with Gasteiger partial charge in [-0.25, -0.2) is 0 Å². The number of nitrogens with zero attached hydrogens (tertiary/aromatic N) is 2. The summed E-state index contributed by atoms with van der Waals surface area (Å²) >= 11 is 0. The van der Waals surface area contributed by atoms with E-state index in [2.05, 4.69) is 54.0 Å². The zero-order valence-electron chi connectivity index (χ0n) is 13.3. The summed E-state index contributed by atoms with van der Waals surface area (Å²) in [5.74, 6) is 0. The molecule has 1 aromatic rings. The highest BCUT2D eigenvalue weighted by Crippen LogP contribution is 2.23. The molecule has 1 N–H and O–H groups in total. The average molecular weight is 292 g/mol. The molecule has 0 bridgehead atoms. The van der Waals surface area contributed by atoms with Crippen molar-refractivity contribution in [1.82, 2.24) is 9.80 Å². The molecule has 0 unspecified atom stereocenters. The van der Waals surface area contributed by atoms with Crippen LogP contribution in [0.5, 0.6) is 0 Å². The summed E-state index contributed by atoms with van der Waals surface area (Å²) < 4.78 is 5.37. The van der Waals surface area contributed by atoms with Crippen LogP contribution < -0.4 is 0 Å². The molecule has 1 saturated heterocycles. The highest BCUT2D eigenvalue weighted by molar-refractivity contribution is 5.15. The largest absolute Gasteiger partial charge is 0.394 e. The molecule has 1 aliphatic rings. The molecule has 21 heavy (non-hydrogen) atoms. The third-order valence-electron chi connectivity index (χ3n) is 4.16. The predicted octanol–water partition coefficient (Wildman–Crippen LogP) is 1.59. The van der Waals surface area contributed by atoms with Gasteiger partial charge in [0.2, 0.25) is 0 Å². The first-order valence-electron chi connectivity index (χ1n) is 7.82. The van der Waals surface area contributed by atoms with E-state index in [4.69, 9.17) is 9.84 Å². The van der Waals surface area contributed by atoms with Gasteiger partial charge in [0.1, 0.15) is 0 Å². The fourth-order valence-electron chi connectivity index (χ4n) is 2.94. The second kappa shape index (κ2) is 7.90. The molecule has 4 nitrogen and oxygen atoms in total. The Morgan fingerprint density at radius 2 is 1.90 bits per heavy atom. The van der Waals surface area contributed by atoms with Gasteiger partial charge >= 0.3 is 0 Å². The maximum Gasteiger partial charge on any atom is 0.0698 e. The zero-order chi connectivity index (χ0) is 15.1. The van der Waals surface area contributed by atoms with Crippen LogP contribution in [-0.4, -0.2) is 66.4 Å². The quantitative estimate of drug-likeness (QED) is 0.774. The minimum atomic E-state index is 0.107. The monoisotopic (exact) mass is 292 g/mol. The van der Waals surface area contributed by atoms with E-state index in [0.717, 1.165) is 32.7 Å². The molecule has 118 valence electrons. The second-order valence-electron chi connectivity index (χ2n) is 6.33. The van der Waals surface area contributed by atoms with Gasteiger partial charge in [-0.3, -0.25) is 9.80 Å². The molecule has 1 fully saturated rings. The highest BCUT2D eigenvalue weighted by Gasteiger charge is 2.33. The smallest absolute Gasteiger partial charge is 0.0698 e. The van der Waals surface area contributed by atoms with Crippen LogP contribution in [0.1, 0.15) is 19.4 Å². The van der Waals surface area contributed by atoms with Crippen molar-refractivity contribution in [2.75, 3.05) is 46.0 Å². The van der Waals surface area contributed by atoms with Crippen LogP contribution in [0, 0.1) is 0 Å². The van der Waals surface area contributed by atoms with Crippen LogP contribution in [0.3, 0.4) is 0 Å². The minimum absolute atomic E-state index is 0.107. The molecule has 1 heterocycles. The van der Waals surface area contributed by atoms with E-state index in [0.29, 0.717) is 13.2 Å². The van der Waals surface area contributed by atoms with Gasteiger partial charge in [0.25, 0.3) is 0 Å². The molecule has 0 spiro atoms. The number of hydrogen-bond acceptors (Lipinski definition) is 4. The number of aliphatic hydroxyl groups is 1. The molecular formula is C17H28N2O2. The van der Waals surface area contributed by atoms with Gasteiger partial charge in [0.15, 0.2) is 0 Å². The Kier molecular flexibility index (Phi) is 6.18. The van der Waals surface area contributed by atoms with Gasteiger partial charge in [-0.05, 0) is 19.4 Å². The van der Waals surface area contributed by atoms with Crippen LogP contribution in [0.15, 0.2) is 30.3 Å². The maximum absolute atomic E-state index is 8.72. The Morgan fingerprint density at radius 1 is 1.14 bits per heavy atom. The Bertz CT molecular complexity index is 409. The first-order chi connectivity index (χ1) is 10.1. The number of rotatable bonds is 7. The number of hydrogen-bond donors (Lipinski definition) is 1. The Morgan fingerprint density at radius 3 is 2.57 bits per heavy atom. The van der Waals surface area contributed by atoms with Crippen molar-refractivity contribution in [3.8, 4) is 0 Å². The third-order valence-corrected chi connectivity index (χ3v) is 4.16. The number of piperazine rings is 1. The number of ether oxygens (including phenoxy) is 1. The molecule has 1 aliphatic heterocycles. The Hall–Kier alpha value is -0.940. The molecule has 2 rings (SSSR count). The van der Waals surface area contributed by atoms with E-state index in [-0.39, 0.29) is 12.1 Å². The van der Waals surface area contributed by atoms with Crippen molar-refractivity contribution in [2.45, 2.75) is 25.9 Å². The van der Waals surface area contributed by atoms with Crippen LogP contribution in [0.4, 0.5) is 0 Å². The van der Waals surface area contributed by atoms with E-state index < -0.39 is 0 Å². The van der Waals surface area contributed by atoms with Crippen molar-refractivity contribution < 1.29 is 9.84 Å². The first kappa shape index (κ1) is 16.4. The molecule has 0 saturated carbocycles. The summed E-state index contributed by atoms with van der Waals surface area (Å²) in [6.07, 6.45) is 0. The average Bonchev–Trinajstić information content (AvgIpc) is 2.47. The number of aliphatic hydroxyl groups excluding tert-OH is 1. The lowest BCUT2D eigenvalue weighted by Gasteiger charge is -2.47. The van der Waals surface area contributed by atoms with Crippen molar-refractivity contribution in [3.05, 3.63) is 35.9 Å². The Balaban J connectivity index is 1.82. The van der Waals surface area contributed by atoms with E-state index >= 15 is 0 Å². The summed E-state index contributed by atoms with van der Waals surface area (Å²) in [5, 5.41) is 8.72. The molecule has 0 atom stereocenters. The summed E-state index contributed by atoms with van der Waals surface area (Å²) in [7, 11) is 0. The van der Waals surface area contributed by atoms with Crippen molar-refractivity contribution >= 4 is 0 Å². The van der Waals surface area contributed by atoms with Gasteiger partial charge in [-0.2, -0.15) is 0 Å². The molecule has 1 aromatic carbocycles. The molecule has 0 radical (unpaired) electrons. The summed E-state index contributed by atoms with van der Waals surface area (Å²) in [6, 6.07) is 10.7. The van der Waals surface area contributed by atoms with Crippen LogP contribution in [0.25, 0.3) is 0 Å². The lowest BCUT2D eigenvalue weighted by molar-refractivity contribution is -0.00239. The van der Waals surface area contributed by atoms with Gasteiger partial charge in [-0.1, -0.05) is 30.3 Å². The standard InChI is InChI=1S/C17H28N2O2/c1-17(2)15-18(10-12-21-13-11-20)8-9-19(17)14-16-6-4-3-5-7-16/h3-7,20H,8-15H2,1-2H3. The van der Waals surface area contributed by atoms with E-state index in [9.17, 15) is 0 Å². The molecule has 0 aromatic heterocycles. The SMILES string of the molecule is CC1(C)CN(CCOCCO)CCN1Cc1ccccc1. The van der Waals surface area contributed by atoms with E-state index in [1.165, 1.54) is 5.56 Å². The van der Waals surface area contributed by atoms with Gasteiger partial charge in [-0.15, -0.1) is 0 Å². The fraction of sp³-hybridized carbons (Fsp3) is 0.647. The van der Waals surface area contributed by atoms with E-state index in [1.54, 1.807) is 0 Å². The van der Waals surface area contributed by atoms with Crippen molar-refractivity contribution in [2.24, 2.45) is 0 Å². The van der Waals surface area contributed by atoms with E-state index in [1.807, 2.05) is 0 Å². The zero-order valence-corrected chi connectivity index (χ0v) is 13.3. The lowest BCUT2D eigenvalue weighted by atomic mass is 9.97. The molecule has 4 heteroatoms. The Labute approximate surface area is 128 Å². The van der Waals surface area contributed by atoms with Crippen LogP contribution >= 0.6 is 0 Å². The van der Waals surface area contributed by atoms with Gasteiger partial charge in [0.05, 0.1) is 19.8 Å². The highest BCUT2D eigenvalue weighted by atomic mass is 16.5. The summed E-state index contributed by atoms with van der Waals surface area (Å²) in [4.78, 5) is 5.02. The van der Waals surface area contributed by atoms with Crippen molar-refractivity contribution in [1.29, 1.82) is 0 Å².